The monoisotopic (exact) mass is 494 g/mol. The predicted octanol–water partition coefficient (Wildman–Crippen LogP) is 2.65. The number of hydrogen-bond donors (Lipinski definition) is 1. The third-order valence-corrected chi connectivity index (χ3v) is 8.48. The third kappa shape index (κ3) is 5.78. The molecule has 0 radical (unpaired) electrons. The largest absolute Gasteiger partial charge is 0.464 e. The van der Waals surface area contributed by atoms with Crippen LogP contribution in [0.5, 0.6) is 0 Å². The Morgan fingerprint density at radius 1 is 0.971 bits per heavy atom. The van der Waals surface area contributed by atoms with Crippen molar-refractivity contribution in [3.63, 3.8) is 0 Å². The first-order chi connectivity index (χ1) is 16.2. The molecule has 1 aromatic rings. The molecule has 0 atom stereocenters. The SMILES string of the molecule is CCOC(=O)c1ccc(S(=O)(=O)N2CCC(C(=O)NC3(C(=O)OCC)CCCCC3)CC2)cc1. The minimum Gasteiger partial charge on any atom is -0.464 e. The lowest BCUT2D eigenvalue weighted by Crippen LogP contribution is -2.58. The van der Waals surface area contributed by atoms with Gasteiger partial charge in [0.1, 0.15) is 5.54 Å². The Balaban J connectivity index is 1.62. The minimum absolute atomic E-state index is 0.0897. The Bertz CT molecular complexity index is 977. The molecule has 0 bridgehead atoms. The molecule has 0 spiro atoms. The van der Waals surface area contributed by atoms with Crippen LogP contribution in [0.1, 0.15) is 69.2 Å². The summed E-state index contributed by atoms with van der Waals surface area (Å²) in [5.74, 6) is -1.47. The standard InChI is InChI=1S/C24H34N2O7S/c1-3-32-22(28)19-8-10-20(11-9-19)34(30,31)26-16-12-18(13-17-26)21(27)25-24(23(29)33-4-2)14-6-5-7-15-24/h8-11,18H,3-7,12-17H2,1-2H3,(H,25,27). The van der Waals surface area contributed by atoms with Crippen molar-refractivity contribution in [3.8, 4) is 0 Å². The molecule has 1 heterocycles. The van der Waals surface area contributed by atoms with Crippen LogP contribution in [-0.4, -0.2) is 62.4 Å². The highest BCUT2D eigenvalue weighted by molar-refractivity contribution is 7.89. The molecule has 1 amide bonds. The highest BCUT2D eigenvalue weighted by Gasteiger charge is 2.44. The number of sulfonamides is 1. The molecule has 1 aliphatic carbocycles. The van der Waals surface area contributed by atoms with Gasteiger partial charge < -0.3 is 14.8 Å². The van der Waals surface area contributed by atoms with Crippen LogP contribution in [0, 0.1) is 5.92 Å². The first kappa shape index (κ1) is 26.2. The zero-order valence-electron chi connectivity index (χ0n) is 19.9. The molecule has 188 valence electrons. The molecule has 2 fully saturated rings. The maximum atomic E-state index is 13.0. The smallest absolute Gasteiger partial charge is 0.338 e. The van der Waals surface area contributed by atoms with E-state index in [0.717, 1.165) is 19.3 Å². The second-order valence-electron chi connectivity index (χ2n) is 8.78. The van der Waals surface area contributed by atoms with E-state index in [1.165, 1.54) is 28.6 Å². The number of rotatable bonds is 8. The maximum absolute atomic E-state index is 13.0. The molecule has 1 saturated carbocycles. The van der Waals surface area contributed by atoms with Crippen molar-refractivity contribution in [1.82, 2.24) is 9.62 Å². The molecule has 1 aromatic carbocycles. The molecular formula is C24H34N2O7S. The summed E-state index contributed by atoms with van der Waals surface area (Å²) < 4.78 is 37.6. The predicted molar refractivity (Wildman–Crippen MR) is 124 cm³/mol. The van der Waals surface area contributed by atoms with Gasteiger partial charge in [-0.3, -0.25) is 4.79 Å². The van der Waals surface area contributed by atoms with Crippen LogP contribution >= 0.6 is 0 Å². The fourth-order valence-corrected chi connectivity index (χ4v) is 6.10. The number of amides is 1. The van der Waals surface area contributed by atoms with Gasteiger partial charge in [0.2, 0.25) is 15.9 Å². The quantitative estimate of drug-likeness (QED) is 0.552. The Hall–Kier alpha value is -2.46. The minimum atomic E-state index is -3.75. The molecule has 1 N–H and O–H groups in total. The number of hydrogen-bond acceptors (Lipinski definition) is 7. The van der Waals surface area contributed by atoms with E-state index >= 15 is 0 Å². The number of esters is 2. The lowest BCUT2D eigenvalue weighted by atomic mass is 9.81. The summed E-state index contributed by atoms with van der Waals surface area (Å²) in [4.78, 5) is 37.6. The van der Waals surface area contributed by atoms with E-state index in [1.807, 2.05) is 0 Å². The summed E-state index contributed by atoms with van der Waals surface area (Å²) in [5.41, 5.74) is -0.690. The van der Waals surface area contributed by atoms with Crippen LogP contribution in [0.3, 0.4) is 0 Å². The molecule has 3 rings (SSSR count). The van der Waals surface area contributed by atoms with Gasteiger partial charge in [0, 0.05) is 19.0 Å². The number of nitrogens with zero attached hydrogens (tertiary/aromatic N) is 1. The first-order valence-electron chi connectivity index (χ1n) is 12.0. The molecule has 34 heavy (non-hydrogen) atoms. The van der Waals surface area contributed by atoms with Gasteiger partial charge in [-0.15, -0.1) is 0 Å². The summed E-state index contributed by atoms with van der Waals surface area (Å²) in [7, 11) is -3.75. The summed E-state index contributed by atoms with van der Waals surface area (Å²) in [6.45, 7) is 4.35. The van der Waals surface area contributed by atoms with Crippen molar-refractivity contribution >= 4 is 27.9 Å². The number of carbonyl (C=O) groups is 3. The van der Waals surface area contributed by atoms with E-state index in [4.69, 9.17) is 9.47 Å². The normalized spacial score (nSPS) is 19.2. The number of nitrogens with one attached hydrogen (secondary N) is 1. The average Bonchev–Trinajstić information content (AvgIpc) is 2.85. The summed E-state index contributed by atoms with van der Waals surface area (Å²) in [6.07, 6.45) is 4.58. The van der Waals surface area contributed by atoms with Crippen molar-refractivity contribution in [2.24, 2.45) is 5.92 Å². The lowest BCUT2D eigenvalue weighted by molar-refractivity contribution is -0.155. The fraction of sp³-hybridized carbons (Fsp3) is 0.625. The Labute approximate surface area is 201 Å². The zero-order chi connectivity index (χ0) is 24.8. The van der Waals surface area contributed by atoms with E-state index < -0.39 is 21.5 Å². The van der Waals surface area contributed by atoms with Crippen molar-refractivity contribution in [3.05, 3.63) is 29.8 Å². The van der Waals surface area contributed by atoms with Crippen LogP contribution in [0.25, 0.3) is 0 Å². The summed E-state index contributed by atoms with van der Waals surface area (Å²) in [6, 6.07) is 5.66. The molecule has 0 unspecified atom stereocenters. The maximum Gasteiger partial charge on any atom is 0.338 e. The van der Waals surface area contributed by atoms with Crippen LogP contribution in [-0.2, 0) is 29.1 Å². The van der Waals surface area contributed by atoms with Gasteiger partial charge in [-0.25, -0.2) is 18.0 Å². The van der Waals surface area contributed by atoms with Crippen molar-refractivity contribution in [2.75, 3.05) is 26.3 Å². The molecule has 0 aromatic heterocycles. The lowest BCUT2D eigenvalue weighted by Gasteiger charge is -2.38. The van der Waals surface area contributed by atoms with Crippen molar-refractivity contribution in [1.29, 1.82) is 0 Å². The van der Waals surface area contributed by atoms with Crippen molar-refractivity contribution in [2.45, 2.75) is 69.2 Å². The van der Waals surface area contributed by atoms with Crippen molar-refractivity contribution < 1.29 is 32.3 Å². The van der Waals surface area contributed by atoms with Crippen LogP contribution in [0.15, 0.2) is 29.2 Å². The highest BCUT2D eigenvalue weighted by Crippen LogP contribution is 2.31. The topological polar surface area (TPSA) is 119 Å². The average molecular weight is 495 g/mol. The van der Waals surface area contributed by atoms with Crippen LogP contribution in [0.4, 0.5) is 0 Å². The molecule has 2 aliphatic rings. The second kappa shape index (κ2) is 11.3. The third-order valence-electron chi connectivity index (χ3n) is 6.56. The molecule has 9 nitrogen and oxygen atoms in total. The highest BCUT2D eigenvalue weighted by atomic mass is 32.2. The number of piperidine rings is 1. The van der Waals surface area contributed by atoms with Gasteiger partial charge in [0.05, 0.1) is 23.7 Å². The van der Waals surface area contributed by atoms with E-state index in [0.29, 0.717) is 25.7 Å². The van der Waals surface area contributed by atoms with Crippen LogP contribution < -0.4 is 5.32 Å². The molecule has 10 heteroatoms. The van der Waals surface area contributed by atoms with Gasteiger partial charge in [0.25, 0.3) is 0 Å². The molecule has 1 saturated heterocycles. The van der Waals surface area contributed by atoms with Crippen LogP contribution in [0.2, 0.25) is 0 Å². The molecular weight excluding hydrogens is 460 g/mol. The van der Waals surface area contributed by atoms with E-state index in [1.54, 1.807) is 13.8 Å². The van der Waals surface area contributed by atoms with E-state index in [-0.39, 0.29) is 54.6 Å². The van der Waals surface area contributed by atoms with Gasteiger partial charge in [-0.2, -0.15) is 4.31 Å². The van der Waals surface area contributed by atoms with Gasteiger partial charge >= 0.3 is 11.9 Å². The Morgan fingerprint density at radius 2 is 1.56 bits per heavy atom. The first-order valence-corrected chi connectivity index (χ1v) is 13.4. The Morgan fingerprint density at radius 3 is 2.12 bits per heavy atom. The number of ether oxygens (including phenoxy) is 2. The van der Waals surface area contributed by atoms with E-state index in [9.17, 15) is 22.8 Å². The van der Waals surface area contributed by atoms with Gasteiger partial charge in [-0.05, 0) is 63.8 Å². The second-order valence-corrected chi connectivity index (χ2v) is 10.7. The Kier molecular flexibility index (Phi) is 8.70. The molecule has 1 aliphatic heterocycles. The fourth-order valence-electron chi connectivity index (χ4n) is 4.63. The number of benzene rings is 1. The zero-order valence-corrected chi connectivity index (χ0v) is 20.7. The number of carbonyl (C=O) groups excluding carboxylic acids is 3. The van der Waals surface area contributed by atoms with E-state index in [2.05, 4.69) is 5.32 Å². The summed E-state index contributed by atoms with van der Waals surface area (Å²) in [5, 5.41) is 2.97. The van der Waals surface area contributed by atoms with Gasteiger partial charge in [-0.1, -0.05) is 19.3 Å². The summed E-state index contributed by atoms with van der Waals surface area (Å²) >= 11 is 0. The van der Waals surface area contributed by atoms with Gasteiger partial charge in [0.15, 0.2) is 0 Å².